The van der Waals surface area contributed by atoms with Gasteiger partial charge in [-0.15, -0.1) is 0 Å². The van der Waals surface area contributed by atoms with Crippen LogP contribution in [0.15, 0.2) is 24.3 Å². The number of benzene rings is 1. The van der Waals surface area contributed by atoms with Gasteiger partial charge >= 0.3 is 18.2 Å². The first-order chi connectivity index (χ1) is 10.2. The molecule has 0 atom stereocenters. The predicted molar refractivity (Wildman–Crippen MR) is 81.2 cm³/mol. The first kappa shape index (κ1) is 20.8. The van der Waals surface area contributed by atoms with Crippen LogP contribution < -0.4 is 5.32 Å². The Morgan fingerprint density at radius 1 is 1.13 bits per heavy atom. The average molecular weight is 334 g/mol. The van der Waals surface area contributed by atoms with Crippen molar-refractivity contribution in [3.63, 3.8) is 0 Å². The maximum absolute atomic E-state index is 12.3. The molecule has 0 unspecified atom stereocenters. The Kier molecular flexibility index (Phi) is 7.08. The van der Waals surface area contributed by atoms with Gasteiger partial charge in [-0.05, 0) is 39.0 Å². The molecule has 2 N–H and O–H groups in total. The third-order valence-corrected chi connectivity index (χ3v) is 2.49. The topological polar surface area (TPSA) is 69.6 Å². The van der Waals surface area contributed by atoms with Crippen LogP contribution in [0.4, 0.5) is 23.7 Å². The van der Waals surface area contributed by atoms with E-state index >= 15 is 0 Å². The Bertz CT molecular complexity index is 550. The van der Waals surface area contributed by atoms with Crippen molar-refractivity contribution in [2.75, 3.05) is 19.4 Å². The lowest BCUT2D eigenvalue weighted by atomic mass is 9.98. The summed E-state index contributed by atoms with van der Waals surface area (Å²) < 4.78 is 37.0. The maximum Gasteiger partial charge on any atom is 0.416 e. The second-order valence-electron chi connectivity index (χ2n) is 5.96. The van der Waals surface area contributed by atoms with Crippen molar-refractivity contribution in [2.45, 2.75) is 26.9 Å². The van der Waals surface area contributed by atoms with Crippen LogP contribution in [0.3, 0.4) is 0 Å². The highest BCUT2D eigenvalue weighted by Crippen LogP contribution is 2.30. The van der Waals surface area contributed by atoms with E-state index in [0.717, 1.165) is 12.1 Å². The van der Waals surface area contributed by atoms with Crippen LogP contribution in [-0.2, 0) is 11.0 Å². The third-order valence-electron chi connectivity index (χ3n) is 2.49. The standard InChI is InChI=1S/C10H11F3N2O.C5H10O2/c1-15(2)9(16)14-8-5-3-4-7(6-8)10(11,12)13;1-5(2,3)4(6)7/h3-6H,1-2H3,(H,14,16);1-3H3,(H,6,7). The van der Waals surface area contributed by atoms with Crippen molar-refractivity contribution < 1.29 is 27.9 Å². The normalized spacial score (nSPS) is 11.1. The number of aliphatic carboxylic acids is 1. The second kappa shape index (κ2) is 7.85. The summed E-state index contributed by atoms with van der Waals surface area (Å²) in [5.74, 6) is -0.757. The number of carbonyl (C=O) groups excluding carboxylic acids is 1. The number of carboxylic acids is 1. The molecule has 1 aromatic carbocycles. The minimum absolute atomic E-state index is 0.119. The fraction of sp³-hybridized carbons (Fsp3) is 0.467. The first-order valence-corrected chi connectivity index (χ1v) is 6.64. The molecule has 1 rings (SSSR count). The Hall–Kier alpha value is -2.25. The smallest absolute Gasteiger partial charge is 0.416 e. The number of hydrogen-bond acceptors (Lipinski definition) is 2. The molecule has 1 aromatic rings. The van der Waals surface area contributed by atoms with Gasteiger partial charge in [-0.2, -0.15) is 13.2 Å². The van der Waals surface area contributed by atoms with Crippen LogP contribution in [0.2, 0.25) is 0 Å². The van der Waals surface area contributed by atoms with Gasteiger partial charge in [0.05, 0.1) is 11.0 Å². The Morgan fingerprint density at radius 3 is 1.96 bits per heavy atom. The number of anilines is 1. The SMILES string of the molecule is CC(C)(C)C(=O)O.CN(C)C(=O)Nc1cccc(C(F)(F)F)c1. The van der Waals surface area contributed by atoms with Crippen molar-refractivity contribution in [3.05, 3.63) is 29.8 Å². The van der Waals surface area contributed by atoms with E-state index in [1.165, 1.54) is 31.1 Å². The van der Waals surface area contributed by atoms with Crippen LogP contribution in [0.25, 0.3) is 0 Å². The van der Waals surface area contributed by atoms with Crippen LogP contribution in [0, 0.1) is 5.41 Å². The molecule has 0 aliphatic carbocycles. The number of halogens is 3. The Balaban J connectivity index is 0.000000585. The minimum atomic E-state index is -4.40. The van der Waals surface area contributed by atoms with Gasteiger partial charge in [-0.3, -0.25) is 4.79 Å². The quantitative estimate of drug-likeness (QED) is 0.818. The van der Waals surface area contributed by atoms with Gasteiger partial charge in [-0.25, -0.2) is 4.79 Å². The number of nitrogens with one attached hydrogen (secondary N) is 1. The predicted octanol–water partition coefficient (Wildman–Crippen LogP) is 3.92. The number of hydrogen-bond donors (Lipinski definition) is 2. The number of carbonyl (C=O) groups is 2. The lowest BCUT2D eigenvalue weighted by Gasteiger charge is -2.13. The van der Waals surface area contributed by atoms with Crippen LogP contribution in [-0.4, -0.2) is 36.1 Å². The Labute approximate surface area is 133 Å². The summed E-state index contributed by atoms with van der Waals surface area (Å²) in [5.41, 5.74) is -1.25. The molecule has 0 aliphatic heterocycles. The molecule has 0 spiro atoms. The zero-order valence-corrected chi connectivity index (χ0v) is 13.7. The maximum atomic E-state index is 12.3. The van der Waals surface area contributed by atoms with E-state index < -0.39 is 29.2 Å². The minimum Gasteiger partial charge on any atom is -0.481 e. The molecule has 0 heterocycles. The van der Waals surface area contributed by atoms with E-state index in [4.69, 9.17) is 5.11 Å². The van der Waals surface area contributed by atoms with Crippen molar-refractivity contribution in [2.24, 2.45) is 5.41 Å². The van der Waals surface area contributed by atoms with E-state index in [-0.39, 0.29) is 5.69 Å². The molecule has 0 radical (unpaired) electrons. The van der Waals surface area contributed by atoms with E-state index in [1.54, 1.807) is 20.8 Å². The van der Waals surface area contributed by atoms with Crippen molar-refractivity contribution >= 4 is 17.7 Å². The van der Waals surface area contributed by atoms with E-state index in [9.17, 15) is 22.8 Å². The molecule has 2 amide bonds. The molecule has 0 bridgehead atoms. The molecule has 0 saturated heterocycles. The lowest BCUT2D eigenvalue weighted by molar-refractivity contribution is -0.145. The highest BCUT2D eigenvalue weighted by Gasteiger charge is 2.30. The van der Waals surface area contributed by atoms with Crippen molar-refractivity contribution in [3.8, 4) is 0 Å². The molecule has 0 aromatic heterocycles. The summed E-state index contributed by atoms with van der Waals surface area (Å²) in [4.78, 5) is 22.5. The molecule has 130 valence electrons. The molecule has 0 saturated carbocycles. The first-order valence-electron chi connectivity index (χ1n) is 6.64. The number of nitrogens with zero attached hydrogens (tertiary/aromatic N) is 1. The van der Waals surface area contributed by atoms with Gasteiger partial charge in [0.25, 0.3) is 0 Å². The highest BCUT2D eigenvalue weighted by atomic mass is 19.4. The lowest BCUT2D eigenvalue weighted by Crippen LogP contribution is -2.27. The van der Waals surface area contributed by atoms with Gasteiger partial charge in [0.15, 0.2) is 0 Å². The molecular formula is C15H21F3N2O3. The Morgan fingerprint density at radius 2 is 1.61 bits per heavy atom. The summed E-state index contributed by atoms with van der Waals surface area (Å²) in [7, 11) is 3.01. The zero-order valence-electron chi connectivity index (χ0n) is 13.7. The second-order valence-corrected chi connectivity index (χ2v) is 5.96. The summed E-state index contributed by atoms with van der Waals surface area (Å²) >= 11 is 0. The third kappa shape index (κ3) is 8.08. The summed E-state index contributed by atoms with van der Waals surface area (Å²) in [6.45, 7) is 4.99. The fourth-order valence-corrected chi connectivity index (χ4v) is 1.01. The van der Waals surface area contributed by atoms with Crippen molar-refractivity contribution in [1.82, 2.24) is 4.90 Å². The molecular weight excluding hydrogens is 313 g/mol. The number of rotatable bonds is 1. The summed E-state index contributed by atoms with van der Waals surface area (Å²) in [6, 6.07) is 4.01. The van der Waals surface area contributed by atoms with Crippen LogP contribution in [0.5, 0.6) is 0 Å². The molecule has 8 heteroatoms. The van der Waals surface area contributed by atoms with E-state index in [0.29, 0.717) is 0 Å². The van der Waals surface area contributed by atoms with E-state index in [2.05, 4.69) is 5.32 Å². The van der Waals surface area contributed by atoms with Gasteiger partial charge in [0.2, 0.25) is 0 Å². The largest absolute Gasteiger partial charge is 0.481 e. The number of urea groups is 1. The summed E-state index contributed by atoms with van der Waals surface area (Å²) in [6.07, 6.45) is -4.40. The molecule has 5 nitrogen and oxygen atoms in total. The average Bonchev–Trinajstić information content (AvgIpc) is 2.37. The van der Waals surface area contributed by atoms with Crippen molar-refractivity contribution in [1.29, 1.82) is 0 Å². The number of alkyl halides is 3. The van der Waals surface area contributed by atoms with Gasteiger partial charge in [0, 0.05) is 19.8 Å². The van der Waals surface area contributed by atoms with E-state index in [1.807, 2.05) is 0 Å². The summed E-state index contributed by atoms with van der Waals surface area (Å²) in [5, 5.41) is 10.6. The van der Waals surface area contributed by atoms with Gasteiger partial charge in [0.1, 0.15) is 0 Å². The van der Waals surface area contributed by atoms with Gasteiger partial charge < -0.3 is 15.3 Å². The zero-order chi connectivity index (χ0) is 18.4. The van der Waals surface area contributed by atoms with Crippen LogP contribution in [0.1, 0.15) is 26.3 Å². The molecule has 23 heavy (non-hydrogen) atoms. The van der Waals surface area contributed by atoms with Crippen LogP contribution >= 0.6 is 0 Å². The molecule has 0 fully saturated rings. The van der Waals surface area contributed by atoms with Gasteiger partial charge in [-0.1, -0.05) is 6.07 Å². The number of carboxylic acid groups (broad SMARTS) is 1. The fourth-order valence-electron chi connectivity index (χ4n) is 1.01. The number of amides is 2. The molecule has 0 aliphatic rings. The highest BCUT2D eigenvalue weighted by molar-refractivity contribution is 5.88. The monoisotopic (exact) mass is 334 g/mol.